The maximum atomic E-state index is 13.3. The van der Waals surface area contributed by atoms with Gasteiger partial charge < -0.3 is 0 Å². The second-order valence-corrected chi connectivity index (χ2v) is 5.80. The van der Waals surface area contributed by atoms with Crippen LogP contribution in [-0.2, 0) is 6.18 Å². The van der Waals surface area contributed by atoms with Crippen LogP contribution in [0.15, 0.2) is 0 Å². The Balaban J connectivity index is 2.46. The van der Waals surface area contributed by atoms with Crippen molar-refractivity contribution in [2.45, 2.75) is 77.4 Å². The first-order valence-corrected chi connectivity index (χ1v) is 7.56. The van der Waals surface area contributed by atoms with Gasteiger partial charge in [0, 0.05) is 11.3 Å². The lowest BCUT2D eigenvalue weighted by atomic mass is 9.88. The Morgan fingerprint density at radius 3 is 2.15 bits per heavy atom. The van der Waals surface area contributed by atoms with E-state index in [4.69, 9.17) is 0 Å². The fourth-order valence-corrected chi connectivity index (χ4v) is 3.03. The summed E-state index contributed by atoms with van der Waals surface area (Å²) in [7, 11) is 0. The fourth-order valence-electron chi connectivity index (χ4n) is 3.03. The third kappa shape index (κ3) is 3.01. The first kappa shape index (κ1) is 15.4. The molecule has 0 amide bonds. The summed E-state index contributed by atoms with van der Waals surface area (Å²) in [5.74, 6) is -0.0193. The minimum atomic E-state index is -4.35. The molecule has 2 nitrogen and oxygen atoms in total. The molecule has 0 aliphatic heterocycles. The van der Waals surface area contributed by atoms with Crippen LogP contribution in [-0.4, -0.2) is 9.78 Å². The Labute approximate surface area is 118 Å². The average Bonchev–Trinajstić information content (AvgIpc) is 3.12. The number of hydrogen-bond donors (Lipinski definition) is 0. The molecular weight excluding hydrogens is 265 g/mol. The van der Waals surface area contributed by atoms with E-state index < -0.39 is 11.9 Å². The van der Waals surface area contributed by atoms with E-state index >= 15 is 0 Å². The minimum Gasteiger partial charge on any atom is -0.266 e. The lowest BCUT2D eigenvalue weighted by Crippen LogP contribution is -2.12. The van der Waals surface area contributed by atoms with Crippen molar-refractivity contribution in [2.24, 2.45) is 0 Å². The van der Waals surface area contributed by atoms with Gasteiger partial charge in [0.25, 0.3) is 0 Å². The summed E-state index contributed by atoms with van der Waals surface area (Å²) in [6.07, 6.45) is 0.950. The third-order valence-electron chi connectivity index (χ3n) is 4.04. The van der Waals surface area contributed by atoms with Gasteiger partial charge in [0.15, 0.2) is 5.69 Å². The van der Waals surface area contributed by atoms with Crippen LogP contribution >= 0.6 is 0 Å². The van der Waals surface area contributed by atoms with Gasteiger partial charge in [-0.25, -0.2) is 0 Å². The molecule has 1 heterocycles. The number of alkyl halides is 3. The minimum absolute atomic E-state index is 0.0193. The monoisotopic (exact) mass is 288 g/mol. The number of nitrogens with zero attached hydrogens (tertiary/aromatic N) is 2. The van der Waals surface area contributed by atoms with Gasteiger partial charge >= 0.3 is 6.18 Å². The molecule has 1 aromatic heterocycles. The van der Waals surface area contributed by atoms with Gasteiger partial charge in [0.1, 0.15) is 0 Å². The molecule has 0 unspecified atom stereocenters. The summed E-state index contributed by atoms with van der Waals surface area (Å²) in [4.78, 5) is 0. The van der Waals surface area contributed by atoms with E-state index in [1.165, 1.54) is 0 Å². The zero-order valence-corrected chi connectivity index (χ0v) is 12.4. The Morgan fingerprint density at radius 2 is 1.75 bits per heavy atom. The van der Waals surface area contributed by atoms with Gasteiger partial charge in [-0.2, -0.15) is 18.3 Å². The number of hydrogen-bond acceptors (Lipinski definition) is 1. The highest BCUT2D eigenvalue weighted by atomic mass is 19.4. The zero-order chi connectivity index (χ0) is 14.9. The maximum Gasteiger partial charge on any atom is 0.435 e. The van der Waals surface area contributed by atoms with Crippen molar-refractivity contribution in [3.8, 4) is 0 Å². The van der Waals surface area contributed by atoms with Gasteiger partial charge in [0.05, 0.1) is 6.04 Å². The van der Waals surface area contributed by atoms with E-state index in [9.17, 15) is 13.2 Å². The van der Waals surface area contributed by atoms with Crippen LogP contribution in [0.1, 0.15) is 81.3 Å². The van der Waals surface area contributed by atoms with Crippen molar-refractivity contribution in [1.82, 2.24) is 9.78 Å². The zero-order valence-electron chi connectivity index (χ0n) is 12.4. The van der Waals surface area contributed by atoms with Crippen LogP contribution in [0.2, 0.25) is 0 Å². The molecule has 0 saturated heterocycles. The molecule has 114 valence electrons. The van der Waals surface area contributed by atoms with Crippen molar-refractivity contribution in [3.63, 3.8) is 0 Å². The number of aromatic nitrogens is 2. The summed E-state index contributed by atoms with van der Waals surface area (Å²) in [5.41, 5.74) is 0.536. The molecule has 1 aliphatic carbocycles. The molecule has 0 aromatic carbocycles. The molecule has 0 atom stereocenters. The predicted octanol–water partition coefficient (Wildman–Crippen LogP) is 5.23. The molecule has 0 radical (unpaired) electrons. The van der Waals surface area contributed by atoms with Crippen LogP contribution in [0.25, 0.3) is 0 Å². The molecule has 1 saturated carbocycles. The quantitative estimate of drug-likeness (QED) is 0.701. The summed E-state index contributed by atoms with van der Waals surface area (Å²) >= 11 is 0. The van der Waals surface area contributed by atoms with Gasteiger partial charge in [-0.3, -0.25) is 4.68 Å². The van der Waals surface area contributed by atoms with E-state index in [0.29, 0.717) is 5.56 Å². The fraction of sp³-hybridized carbons (Fsp3) is 0.800. The normalized spacial score (nSPS) is 16.1. The number of halogens is 3. The van der Waals surface area contributed by atoms with E-state index in [0.717, 1.165) is 44.2 Å². The summed E-state index contributed by atoms with van der Waals surface area (Å²) in [6.45, 7) is 5.85. The van der Waals surface area contributed by atoms with Crippen LogP contribution in [0, 0.1) is 6.92 Å². The third-order valence-corrected chi connectivity index (χ3v) is 4.04. The Kier molecular flexibility index (Phi) is 4.45. The molecule has 0 spiro atoms. The van der Waals surface area contributed by atoms with Crippen molar-refractivity contribution >= 4 is 0 Å². The molecule has 20 heavy (non-hydrogen) atoms. The maximum absolute atomic E-state index is 13.3. The molecular formula is C15H23F3N2. The first-order chi connectivity index (χ1) is 9.40. The largest absolute Gasteiger partial charge is 0.435 e. The lowest BCUT2D eigenvalue weighted by molar-refractivity contribution is -0.142. The second-order valence-electron chi connectivity index (χ2n) is 5.80. The van der Waals surface area contributed by atoms with Crippen LogP contribution in [0.5, 0.6) is 0 Å². The van der Waals surface area contributed by atoms with E-state index in [-0.39, 0.29) is 12.0 Å². The van der Waals surface area contributed by atoms with Gasteiger partial charge in [-0.15, -0.1) is 0 Å². The van der Waals surface area contributed by atoms with Crippen molar-refractivity contribution in [1.29, 1.82) is 0 Å². The molecule has 5 heteroatoms. The molecule has 2 rings (SSSR count). The molecule has 1 fully saturated rings. The molecule has 1 aromatic rings. The van der Waals surface area contributed by atoms with Crippen LogP contribution in [0.4, 0.5) is 13.2 Å². The summed E-state index contributed by atoms with van der Waals surface area (Å²) in [6, 6.07) is 0.189. The van der Waals surface area contributed by atoms with Crippen LogP contribution < -0.4 is 0 Å². The average molecular weight is 288 g/mol. The van der Waals surface area contributed by atoms with E-state index in [2.05, 4.69) is 5.10 Å². The Hall–Kier alpha value is -1.00. The SMILES string of the molecule is CCCC(CCC)c1c(C(F)(F)F)nn(C2CC2)c1C. The Bertz CT molecular complexity index is 452. The second kappa shape index (κ2) is 5.78. The number of rotatable bonds is 6. The van der Waals surface area contributed by atoms with Gasteiger partial charge in [0.2, 0.25) is 0 Å². The standard InChI is InChI=1S/C15H23F3N2/c1-4-6-11(7-5-2)13-10(3)20(12-8-9-12)19-14(13)15(16,17)18/h11-12H,4-9H2,1-3H3. The Morgan fingerprint density at radius 1 is 1.20 bits per heavy atom. The van der Waals surface area contributed by atoms with Crippen molar-refractivity contribution < 1.29 is 13.2 Å². The smallest absolute Gasteiger partial charge is 0.266 e. The van der Waals surface area contributed by atoms with E-state index in [1.54, 1.807) is 11.6 Å². The highest BCUT2D eigenvalue weighted by molar-refractivity contribution is 5.32. The predicted molar refractivity (Wildman–Crippen MR) is 72.8 cm³/mol. The molecule has 0 bridgehead atoms. The lowest BCUT2D eigenvalue weighted by Gasteiger charge is -2.18. The summed E-state index contributed by atoms with van der Waals surface area (Å²) < 4.78 is 41.5. The van der Waals surface area contributed by atoms with Crippen molar-refractivity contribution in [3.05, 3.63) is 17.0 Å². The van der Waals surface area contributed by atoms with Crippen LogP contribution in [0.3, 0.4) is 0 Å². The first-order valence-electron chi connectivity index (χ1n) is 7.56. The highest BCUT2D eigenvalue weighted by Crippen LogP contribution is 2.43. The topological polar surface area (TPSA) is 17.8 Å². The molecule has 0 N–H and O–H groups in total. The molecule has 1 aliphatic rings. The van der Waals surface area contributed by atoms with E-state index in [1.807, 2.05) is 13.8 Å². The van der Waals surface area contributed by atoms with Crippen molar-refractivity contribution in [2.75, 3.05) is 0 Å². The summed E-state index contributed by atoms with van der Waals surface area (Å²) in [5, 5.41) is 3.92. The van der Waals surface area contributed by atoms with Gasteiger partial charge in [-0.05, 0) is 38.5 Å². The highest BCUT2D eigenvalue weighted by Gasteiger charge is 2.42. The van der Waals surface area contributed by atoms with Gasteiger partial charge in [-0.1, -0.05) is 26.7 Å².